The van der Waals surface area contributed by atoms with E-state index in [1.807, 2.05) is 0 Å². The molecule has 1 aromatic heterocycles. The normalized spacial score (nSPS) is 36.0. The molecule has 4 aliphatic rings. The monoisotopic (exact) mass is 314 g/mol. The average Bonchev–Trinajstić information content (AvgIpc) is 2.51. The summed E-state index contributed by atoms with van der Waals surface area (Å²) in [6, 6.07) is 5.20. The van der Waals surface area contributed by atoms with Gasteiger partial charge in [0.25, 0.3) is 5.69 Å². The zero-order valence-corrected chi connectivity index (χ0v) is 13.8. The van der Waals surface area contributed by atoms with E-state index in [2.05, 4.69) is 12.2 Å². The number of rotatable bonds is 4. The number of nitrogens with one attached hydrogen (secondary N) is 1. The van der Waals surface area contributed by atoms with E-state index in [0.29, 0.717) is 4.73 Å². The highest BCUT2D eigenvalue weighted by molar-refractivity contribution is 5.91. The minimum absolute atomic E-state index is 0.198. The van der Waals surface area contributed by atoms with E-state index in [1.165, 1.54) is 44.7 Å². The van der Waals surface area contributed by atoms with Crippen molar-refractivity contribution >= 4 is 5.91 Å². The lowest BCUT2D eigenvalue weighted by molar-refractivity contribution is -0.607. The smallest absolute Gasteiger partial charge is 0.317 e. The van der Waals surface area contributed by atoms with Gasteiger partial charge in [-0.25, -0.2) is 0 Å². The van der Waals surface area contributed by atoms with E-state index in [0.717, 1.165) is 24.2 Å². The summed E-state index contributed by atoms with van der Waals surface area (Å²) in [7, 11) is 0. The third-order valence-corrected chi connectivity index (χ3v) is 6.60. The SMILES string of the molecule is CCC(NC(=O)c1cccc[n+]1[O-])C12CC3CC(CC(C3)C1)C2. The molecule has 4 nitrogen and oxygen atoms in total. The first-order valence-corrected chi connectivity index (χ1v) is 9.08. The van der Waals surface area contributed by atoms with Crippen molar-refractivity contribution in [3.8, 4) is 0 Å². The average molecular weight is 314 g/mol. The van der Waals surface area contributed by atoms with E-state index in [-0.39, 0.29) is 23.1 Å². The van der Waals surface area contributed by atoms with Crippen LogP contribution in [-0.4, -0.2) is 11.9 Å². The van der Waals surface area contributed by atoms with Crippen molar-refractivity contribution in [3.63, 3.8) is 0 Å². The number of carbonyl (C=O) groups is 1. The van der Waals surface area contributed by atoms with Gasteiger partial charge in [-0.3, -0.25) is 4.79 Å². The van der Waals surface area contributed by atoms with Gasteiger partial charge >= 0.3 is 5.91 Å². The summed E-state index contributed by atoms with van der Waals surface area (Å²) in [5.41, 5.74) is 0.484. The molecular formula is C19H26N2O2. The Balaban J connectivity index is 1.55. The Morgan fingerprint density at radius 2 is 1.87 bits per heavy atom. The second-order valence-corrected chi connectivity index (χ2v) is 8.13. The van der Waals surface area contributed by atoms with Crippen molar-refractivity contribution in [2.75, 3.05) is 0 Å². The quantitative estimate of drug-likeness (QED) is 0.686. The van der Waals surface area contributed by atoms with Crippen LogP contribution in [0.15, 0.2) is 24.4 Å². The number of carbonyl (C=O) groups excluding carboxylic acids is 1. The van der Waals surface area contributed by atoms with E-state index in [1.54, 1.807) is 18.2 Å². The van der Waals surface area contributed by atoms with Gasteiger partial charge in [-0.05, 0) is 74.2 Å². The van der Waals surface area contributed by atoms with Gasteiger partial charge < -0.3 is 10.5 Å². The Kier molecular flexibility index (Phi) is 3.58. The van der Waals surface area contributed by atoms with Crippen LogP contribution in [0.2, 0.25) is 0 Å². The molecule has 0 radical (unpaired) electrons. The van der Waals surface area contributed by atoms with E-state index >= 15 is 0 Å². The van der Waals surface area contributed by atoms with Crippen LogP contribution >= 0.6 is 0 Å². The summed E-state index contributed by atoms with van der Waals surface area (Å²) in [6.07, 6.45) is 10.4. The highest BCUT2D eigenvalue weighted by Crippen LogP contribution is 2.61. The Morgan fingerprint density at radius 3 is 2.39 bits per heavy atom. The minimum atomic E-state index is -0.219. The number of amides is 1. The molecule has 4 fully saturated rings. The van der Waals surface area contributed by atoms with Crippen LogP contribution in [-0.2, 0) is 0 Å². The van der Waals surface area contributed by atoms with Crippen LogP contribution in [0.3, 0.4) is 0 Å². The lowest BCUT2D eigenvalue weighted by atomic mass is 9.47. The minimum Gasteiger partial charge on any atom is -0.618 e. The highest BCUT2D eigenvalue weighted by atomic mass is 16.5. The summed E-state index contributed by atoms with van der Waals surface area (Å²) in [5.74, 6) is 2.39. The fraction of sp³-hybridized carbons (Fsp3) is 0.684. The van der Waals surface area contributed by atoms with Crippen LogP contribution in [0.1, 0.15) is 62.4 Å². The van der Waals surface area contributed by atoms with Crippen LogP contribution in [0, 0.1) is 28.4 Å². The molecule has 4 bridgehead atoms. The number of nitrogens with zero attached hydrogens (tertiary/aromatic N) is 1. The number of pyridine rings is 1. The maximum absolute atomic E-state index is 12.6. The molecule has 23 heavy (non-hydrogen) atoms. The first kappa shape index (κ1) is 15.0. The molecule has 0 saturated heterocycles. The molecule has 1 heterocycles. The van der Waals surface area contributed by atoms with Gasteiger partial charge in [-0.2, -0.15) is 4.73 Å². The molecule has 1 atom stereocenters. The first-order chi connectivity index (χ1) is 11.1. The zero-order chi connectivity index (χ0) is 16.0. The third kappa shape index (κ3) is 2.52. The lowest BCUT2D eigenvalue weighted by Crippen LogP contribution is -2.57. The fourth-order valence-electron chi connectivity index (χ4n) is 6.13. The zero-order valence-electron chi connectivity index (χ0n) is 13.8. The highest BCUT2D eigenvalue weighted by Gasteiger charge is 2.54. The fourth-order valence-corrected chi connectivity index (χ4v) is 6.13. The van der Waals surface area contributed by atoms with Crippen LogP contribution < -0.4 is 10.0 Å². The standard InChI is InChI=1S/C19H26N2O2/c1-2-17(20-18(22)16-5-3-4-6-21(16)23)19-10-13-7-14(11-19)9-15(8-13)12-19/h3-6,13-15,17H,2,7-12H2,1H3,(H,20,22). The molecule has 1 amide bonds. The second-order valence-electron chi connectivity index (χ2n) is 8.13. The number of aromatic nitrogens is 1. The van der Waals surface area contributed by atoms with Crippen molar-refractivity contribution in [1.82, 2.24) is 5.32 Å². The predicted molar refractivity (Wildman–Crippen MR) is 87.6 cm³/mol. The molecule has 4 saturated carbocycles. The van der Waals surface area contributed by atoms with Gasteiger partial charge in [-0.15, -0.1) is 0 Å². The first-order valence-electron chi connectivity index (χ1n) is 9.08. The van der Waals surface area contributed by atoms with Gasteiger partial charge in [0.05, 0.1) is 0 Å². The van der Waals surface area contributed by atoms with Gasteiger partial charge in [0, 0.05) is 18.2 Å². The Hall–Kier alpha value is -1.58. The largest absolute Gasteiger partial charge is 0.618 e. The van der Waals surface area contributed by atoms with E-state index < -0.39 is 0 Å². The molecule has 0 aliphatic heterocycles. The summed E-state index contributed by atoms with van der Waals surface area (Å²) in [6.45, 7) is 2.17. The maximum Gasteiger partial charge on any atom is 0.317 e. The molecule has 1 unspecified atom stereocenters. The second kappa shape index (κ2) is 5.50. The predicted octanol–water partition coefficient (Wildman–Crippen LogP) is 3.04. The summed E-state index contributed by atoms with van der Waals surface area (Å²) in [5, 5.41) is 15.1. The van der Waals surface area contributed by atoms with Crippen LogP contribution in [0.4, 0.5) is 0 Å². The van der Waals surface area contributed by atoms with Crippen molar-refractivity contribution in [1.29, 1.82) is 0 Å². The summed E-state index contributed by atoms with van der Waals surface area (Å²) < 4.78 is 0.668. The molecule has 4 heteroatoms. The van der Waals surface area contributed by atoms with Crippen LogP contribution in [0.5, 0.6) is 0 Å². The Morgan fingerprint density at radius 1 is 1.26 bits per heavy atom. The number of hydrogen-bond acceptors (Lipinski definition) is 2. The van der Waals surface area contributed by atoms with Crippen molar-refractivity contribution in [3.05, 3.63) is 35.3 Å². The van der Waals surface area contributed by atoms with Crippen molar-refractivity contribution in [2.24, 2.45) is 23.2 Å². The topological polar surface area (TPSA) is 56.0 Å². The van der Waals surface area contributed by atoms with Gasteiger partial charge in [0.15, 0.2) is 6.20 Å². The summed E-state index contributed by atoms with van der Waals surface area (Å²) in [4.78, 5) is 12.6. The summed E-state index contributed by atoms with van der Waals surface area (Å²) >= 11 is 0. The molecule has 4 aliphatic carbocycles. The molecule has 0 spiro atoms. The Bertz CT molecular complexity index is 578. The van der Waals surface area contributed by atoms with E-state index in [9.17, 15) is 10.0 Å². The van der Waals surface area contributed by atoms with Gasteiger partial charge in [-0.1, -0.05) is 6.92 Å². The van der Waals surface area contributed by atoms with Gasteiger partial charge in [0.1, 0.15) is 0 Å². The molecule has 0 aromatic carbocycles. The molecule has 5 rings (SSSR count). The van der Waals surface area contributed by atoms with Crippen molar-refractivity contribution < 1.29 is 9.52 Å². The van der Waals surface area contributed by atoms with E-state index in [4.69, 9.17) is 0 Å². The molecule has 1 N–H and O–H groups in total. The molecule has 124 valence electrons. The molecular weight excluding hydrogens is 288 g/mol. The van der Waals surface area contributed by atoms with Crippen molar-refractivity contribution in [2.45, 2.75) is 57.9 Å². The Labute approximate surface area is 137 Å². The molecule has 1 aromatic rings. The van der Waals surface area contributed by atoms with Gasteiger partial charge in [0.2, 0.25) is 0 Å². The maximum atomic E-state index is 12.6. The van der Waals surface area contributed by atoms with Crippen LogP contribution in [0.25, 0.3) is 0 Å². The third-order valence-electron chi connectivity index (χ3n) is 6.60. The number of hydrogen-bond donors (Lipinski definition) is 1. The lowest BCUT2D eigenvalue weighted by Gasteiger charge is -2.59.